The monoisotopic (exact) mass is 472 g/mol. The summed E-state index contributed by atoms with van der Waals surface area (Å²) in [6, 6.07) is 0. The standard InChI is InChI=1S/C29H44O5/c1-16-8-11-29(32-15-16)17(2)26-24(34-29)13-23-21-7-6-19-12-20(33-18(3)30)9-10-27(19,4)22(21)14-25(31)28(23,26)5/h16-17,19-24,26H,6-15H2,1-5H3/t16-,17+,19+,20?,21?,22?,23?,24?,26?,27?,28?,29?/m1/s1. The van der Waals surface area contributed by atoms with Crippen molar-refractivity contribution in [2.24, 2.45) is 52.3 Å². The van der Waals surface area contributed by atoms with Gasteiger partial charge in [0.05, 0.1) is 12.7 Å². The van der Waals surface area contributed by atoms with Gasteiger partial charge in [0.1, 0.15) is 11.9 Å². The lowest BCUT2D eigenvalue weighted by atomic mass is 9.44. The number of hydrogen-bond donors (Lipinski definition) is 0. The lowest BCUT2D eigenvalue weighted by molar-refractivity contribution is -0.272. The van der Waals surface area contributed by atoms with Crippen LogP contribution >= 0.6 is 0 Å². The van der Waals surface area contributed by atoms with Gasteiger partial charge in [0.2, 0.25) is 0 Å². The second kappa shape index (κ2) is 7.78. The highest BCUT2D eigenvalue weighted by Crippen LogP contribution is 2.70. The summed E-state index contributed by atoms with van der Waals surface area (Å²) in [5.41, 5.74) is -0.0934. The van der Waals surface area contributed by atoms with Gasteiger partial charge in [-0.3, -0.25) is 9.59 Å². The predicted molar refractivity (Wildman–Crippen MR) is 128 cm³/mol. The van der Waals surface area contributed by atoms with Gasteiger partial charge in [-0.1, -0.05) is 27.7 Å². The van der Waals surface area contributed by atoms with Gasteiger partial charge in [0, 0.05) is 37.0 Å². The summed E-state index contributed by atoms with van der Waals surface area (Å²) in [6.07, 6.45) is 9.47. The third-order valence-electron chi connectivity index (χ3n) is 12.1. The summed E-state index contributed by atoms with van der Waals surface area (Å²) in [5, 5.41) is 0. The molecule has 0 N–H and O–H groups in total. The van der Waals surface area contributed by atoms with Crippen LogP contribution in [0.2, 0.25) is 0 Å². The van der Waals surface area contributed by atoms with Crippen molar-refractivity contribution in [3.63, 3.8) is 0 Å². The second-order valence-corrected chi connectivity index (χ2v) is 13.5. The maximum atomic E-state index is 14.1. The van der Waals surface area contributed by atoms with E-state index in [1.807, 2.05) is 0 Å². The Hall–Kier alpha value is -0.940. The van der Waals surface area contributed by atoms with E-state index in [9.17, 15) is 9.59 Å². The zero-order valence-corrected chi connectivity index (χ0v) is 21.8. The van der Waals surface area contributed by atoms with Crippen LogP contribution in [0.25, 0.3) is 0 Å². The molecule has 190 valence electrons. The van der Waals surface area contributed by atoms with E-state index in [0.29, 0.717) is 35.4 Å². The van der Waals surface area contributed by atoms with Gasteiger partial charge in [-0.15, -0.1) is 0 Å². The van der Waals surface area contributed by atoms with Crippen LogP contribution in [-0.4, -0.2) is 36.4 Å². The summed E-state index contributed by atoms with van der Waals surface area (Å²) >= 11 is 0. The molecule has 34 heavy (non-hydrogen) atoms. The van der Waals surface area contributed by atoms with Gasteiger partial charge >= 0.3 is 5.97 Å². The van der Waals surface area contributed by atoms with Crippen molar-refractivity contribution < 1.29 is 23.8 Å². The minimum absolute atomic E-state index is 0.0613. The zero-order chi connectivity index (χ0) is 24.0. The van der Waals surface area contributed by atoms with Gasteiger partial charge < -0.3 is 14.2 Å². The number of Topliss-reactive ketones (excluding diaryl/α,β-unsaturated/α-hetero) is 1. The zero-order valence-electron chi connectivity index (χ0n) is 21.8. The SMILES string of the molecule is CC(=O)OC1CCC2(C)C3CC(=O)C4(C)C(CC5OC6(CC[C@@H](C)CO6)[C@@H](C)C54)C3CC[C@H]2C1. The quantitative estimate of drug-likeness (QED) is 0.469. The Kier molecular flexibility index (Phi) is 5.37. The summed E-state index contributed by atoms with van der Waals surface area (Å²) < 4.78 is 18.8. The van der Waals surface area contributed by atoms with Crippen LogP contribution in [0.4, 0.5) is 0 Å². The van der Waals surface area contributed by atoms with E-state index in [-0.39, 0.29) is 40.8 Å². The topological polar surface area (TPSA) is 61.8 Å². The van der Waals surface area contributed by atoms with Crippen LogP contribution in [0, 0.1) is 52.3 Å². The summed E-state index contributed by atoms with van der Waals surface area (Å²) in [5.74, 6) is 3.07. The van der Waals surface area contributed by atoms with Crippen molar-refractivity contribution >= 4 is 11.8 Å². The fourth-order valence-electron chi connectivity index (χ4n) is 10.3. The molecule has 5 heteroatoms. The average molecular weight is 473 g/mol. The van der Waals surface area contributed by atoms with Crippen molar-refractivity contribution in [2.45, 2.75) is 110 Å². The van der Waals surface area contributed by atoms with Crippen molar-refractivity contribution in [2.75, 3.05) is 6.61 Å². The highest BCUT2D eigenvalue weighted by Gasteiger charge is 2.71. The molecule has 0 aromatic carbocycles. The Labute approximate surface area is 205 Å². The van der Waals surface area contributed by atoms with Crippen molar-refractivity contribution in [1.82, 2.24) is 0 Å². The molecule has 12 atom stereocenters. The maximum absolute atomic E-state index is 14.1. The van der Waals surface area contributed by atoms with Gasteiger partial charge in [-0.25, -0.2) is 0 Å². The molecule has 4 saturated carbocycles. The molecule has 0 amide bonds. The van der Waals surface area contributed by atoms with Crippen LogP contribution in [-0.2, 0) is 23.8 Å². The van der Waals surface area contributed by atoms with Crippen LogP contribution in [0.15, 0.2) is 0 Å². The summed E-state index contributed by atoms with van der Waals surface area (Å²) in [7, 11) is 0. The first-order valence-electron chi connectivity index (χ1n) is 14.1. The minimum Gasteiger partial charge on any atom is -0.463 e. The van der Waals surface area contributed by atoms with Crippen molar-refractivity contribution in [1.29, 1.82) is 0 Å². The number of ketones is 1. The number of carbonyl (C=O) groups excluding carboxylic acids is 2. The van der Waals surface area contributed by atoms with E-state index in [1.54, 1.807) is 0 Å². The van der Waals surface area contributed by atoms with Crippen LogP contribution in [0.5, 0.6) is 0 Å². The molecule has 0 aromatic heterocycles. The molecular formula is C29H44O5. The number of ether oxygens (including phenoxy) is 3. The summed E-state index contributed by atoms with van der Waals surface area (Å²) in [6.45, 7) is 11.6. The maximum Gasteiger partial charge on any atom is 0.302 e. The third kappa shape index (κ3) is 3.11. The molecule has 2 saturated heterocycles. The van der Waals surface area contributed by atoms with E-state index in [4.69, 9.17) is 14.2 Å². The summed E-state index contributed by atoms with van der Waals surface area (Å²) in [4.78, 5) is 25.7. The first kappa shape index (κ1) is 23.5. The molecule has 1 spiro atoms. The second-order valence-electron chi connectivity index (χ2n) is 13.5. The normalized spacial score (nSPS) is 56.4. The molecule has 2 heterocycles. The number of carbonyl (C=O) groups is 2. The predicted octanol–water partition coefficient (Wildman–Crippen LogP) is 5.54. The molecular weight excluding hydrogens is 428 g/mol. The average Bonchev–Trinajstić information content (AvgIpc) is 3.23. The Morgan fingerprint density at radius 2 is 1.82 bits per heavy atom. The molecule has 4 aliphatic carbocycles. The van der Waals surface area contributed by atoms with Crippen molar-refractivity contribution in [3.8, 4) is 0 Å². The van der Waals surface area contributed by atoms with Gasteiger partial charge in [-0.2, -0.15) is 0 Å². The highest BCUT2D eigenvalue weighted by molar-refractivity contribution is 5.87. The Bertz CT molecular complexity index is 861. The van der Waals surface area contributed by atoms with E-state index in [0.717, 1.165) is 51.6 Å². The lowest BCUT2D eigenvalue weighted by Gasteiger charge is -2.60. The molecule has 6 fully saturated rings. The molecule has 0 bridgehead atoms. The first-order valence-corrected chi connectivity index (χ1v) is 14.1. The van der Waals surface area contributed by atoms with Crippen molar-refractivity contribution in [3.05, 3.63) is 0 Å². The number of esters is 1. The van der Waals surface area contributed by atoms with Crippen LogP contribution in [0.1, 0.15) is 92.4 Å². The van der Waals surface area contributed by atoms with Gasteiger partial charge in [0.25, 0.3) is 0 Å². The molecule has 5 nitrogen and oxygen atoms in total. The molecule has 6 rings (SSSR count). The van der Waals surface area contributed by atoms with E-state index < -0.39 is 5.79 Å². The Morgan fingerprint density at radius 3 is 2.53 bits per heavy atom. The molecule has 0 aromatic rings. The highest BCUT2D eigenvalue weighted by atomic mass is 16.7. The number of fused-ring (bicyclic) bond motifs is 7. The van der Waals surface area contributed by atoms with Crippen LogP contribution < -0.4 is 0 Å². The third-order valence-corrected chi connectivity index (χ3v) is 12.1. The molecule has 0 radical (unpaired) electrons. The van der Waals surface area contributed by atoms with Gasteiger partial charge in [-0.05, 0) is 80.0 Å². The van der Waals surface area contributed by atoms with Gasteiger partial charge in [0.15, 0.2) is 5.79 Å². The minimum atomic E-state index is -0.467. The molecule has 2 aliphatic heterocycles. The number of hydrogen-bond acceptors (Lipinski definition) is 5. The smallest absolute Gasteiger partial charge is 0.302 e. The van der Waals surface area contributed by atoms with E-state index >= 15 is 0 Å². The number of rotatable bonds is 1. The molecule has 6 aliphatic rings. The Morgan fingerprint density at radius 1 is 1.03 bits per heavy atom. The first-order chi connectivity index (χ1) is 16.1. The molecule has 9 unspecified atom stereocenters. The lowest BCUT2D eigenvalue weighted by Crippen LogP contribution is -2.58. The largest absolute Gasteiger partial charge is 0.463 e. The van der Waals surface area contributed by atoms with E-state index in [1.165, 1.54) is 19.8 Å². The Balaban J connectivity index is 1.25. The fraction of sp³-hybridized carbons (Fsp3) is 0.931. The van der Waals surface area contributed by atoms with E-state index in [2.05, 4.69) is 27.7 Å². The fourth-order valence-corrected chi connectivity index (χ4v) is 10.3. The van der Waals surface area contributed by atoms with Crippen LogP contribution in [0.3, 0.4) is 0 Å².